The highest BCUT2D eigenvalue weighted by Gasteiger charge is 2.34. The summed E-state index contributed by atoms with van der Waals surface area (Å²) in [5, 5.41) is 3.34. The number of benzene rings is 1. The first kappa shape index (κ1) is 23.4. The number of hydrogen-bond donors (Lipinski definition) is 1. The van der Waals surface area contributed by atoms with E-state index in [9.17, 15) is 27.2 Å². The van der Waals surface area contributed by atoms with Crippen molar-refractivity contribution < 1.29 is 22.4 Å². The number of anilines is 1. The van der Waals surface area contributed by atoms with Crippen LogP contribution < -0.4 is 10.9 Å². The lowest BCUT2D eigenvalue weighted by atomic mass is 9.99. The average Bonchev–Trinajstić information content (AvgIpc) is 2.80. The van der Waals surface area contributed by atoms with Crippen molar-refractivity contribution in [1.82, 2.24) is 19.4 Å². The first-order valence-corrected chi connectivity index (χ1v) is 10.5. The van der Waals surface area contributed by atoms with Gasteiger partial charge in [0.05, 0.1) is 10.9 Å². The fourth-order valence-corrected chi connectivity index (χ4v) is 3.95. The van der Waals surface area contributed by atoms with Gasteiger partial charge in [-0.25, -0.2) is 14.4 Å². The maximum atomic E-state index is 14.4. The van der Waals surface area contributed by atoms with E-state index in [1.807, 2.05) is 6.08 Å². The molecule has 1 N–H and O–H groups in total. The monoisotopic (exact) mass is 475 g/mol. The van der Waals surface area contributed by atoms with Crippen molar-refractivity contribution in [3.63, 3.8) is 0 Å². The van der Waals surface area contributed by atoms with Gasteiger partial charge in [-0.2, -0.15) is 13.2 Å². The zero-order valence-corrected chi connectivity index (χ0v) is 18.4. The molecule has 34 heavy (non-hydrogen) atoms. The summed E-state index contributed by atoms with van der Waals surface area (Å²) in [5.41, 5.74) is -0.278. The maximum absolute atomic E-state index is 14.4. The largest absolute Gasteiger partial charge is 0.419 e. The number of aryl methyl sites for hydroxylation is 1. The summed E-state index contributed by atoms with van der Waals surface area (Å²) in [7, 11) is 1.56. The van der Waals surface area contributed by atoms with Crippen molar-refractivity contribution in [2.45, 2.75) is 26.1 Å². The molecule has 178 valence electrons. The Morgan fingerprint density at radius 3 is 2.65 bits per heavy atom. The Balaban J connectivity index is 1.70. The topological polar surface area (TPSA) is 80.1 Å². The summed E-state index contributed by atoms with van der Waals surface area (Å²) in [6.45, 7) is 2.09. The third-order valence-corrected chi connectivity index (χ3v) is 5.84. The molecule has 2 aromatic heterocycles. The van der Waals surface area contributed by atoms with E-state index in [0.717, 1.165) is 11.6 Å². The van der Waals surface area contributed by atoms with Crippen LogP contribution in [0.4, 0.5) is 23.4 Å². The molecule has 0 bridgehead atoms. The van der Waals surface area contributed by atoms with Gasteiger partial charge in [-0.1, -0.05) is 18.2 Å². The Morgan fingerprint density at radius 1 is 1.24 bits per heavy atom. The van der Waals surface area contributed by atoms with Crippen LogP contribution in [0.25, 0.3) is 16.6 Å². The highest BCUT2D eigenvalue weighted by Crippen LogP contribution is 2.33. The highest BCUT2D eigenvalue weighted by atomic mass is 19.4. The molecule has 0 saturated heterocycles. The van der Waals surface area contributed by atoms with Crippen LogP contribution in [0.1, 0.15) is 30.0 Å². The van der Waals surface area contributed by atoms with Gasteiger partial charge in [-0.05, 0) is 24.1 Å². The molecule has 7 nitrogen and oxygen atoms in total. The fourth-order valence-electron chi connectivity index (χ4n) is 3.95. The molecule has 1 aliphatic rings. The molecule has 0 radical (unpaired) electrons. The first-order valence-electron chi connectivity index (χ1n) is 10.5. The minimum absolute atomic E-state index is 0.0524. The zero-order chi connectivity index (χ0) is 24.6. The van der Waals surface area contributed by atoms with Gasteiger partial charge in [0.2, 0.25) is 5.91 Å². The number of amides is 1. The predicted molar refractivity (Wildman–Crippen MR) is 118 cm³/mol. The number of carbonyl (C=O) groups is 1. The molecule has 0 spiro atoms. The molecule has 3 aromatic rings. The van der Waals surface area contributed by atoms with Crippen LogP contribution in [0, 0.1) is 5.82 Å². The predicted octanol–water partition coefficient (Wildman–Crippen LogP) is 3.73. The van der Waals surface area contributed by atoms with Gasteiger partial charge in [-0.15, -0.1) is 0 Å². The lowest BCUT2D eigenvalue weighted by Gasteiger charge is -2.25. The molecular weight excluding hydrogens is 454 g/mol. The van der Waals surface area contributed by atoms with Gasteiger partial charge < -0.3 is 10.2 Å². The number of alkyl halides is 3. The van der Waals surface area contributed by atoms with Gasteiger partial charge in [0.25, 0.3) is 5.56 Å². The van der Waals surface area contributed by atoms with E-state index in [1.54, 1.807) is 18.0 Å². The van der Waals surface area contributed by atoms with Gasteiger partial charge in [0.1, 0.15) is 23.6 Å². The summed E-state index contributed by atoms with van der Waals surface area (Å²) in [6.07, 6.45) is -1.27. The quantitative estimate of drug-likeness (QED) is 0.582. The van der Waals surface area contributed by atoms with Crippen LogP contribution >= 0.6 is 0 Å². The molecule has 1 amide bonds. The number of rotatable bonds is 4. The van der Waals surface area contributed by atoms with Crippen LogP contribution in [-0.2, 0) is 24.6 Å². The van der Waals surface area contributed by atoms with Crippen LogP contribution in [0.2, 0.25) is 0 Å². The molecule has 0 aliphatic carbocycles. The van der Waals surface area contributed by atoms with E-state index in [4.69, 9.17) is 0 Å². The van der Waals surface area contributed by atoms with Crippen LogP contribution in [-0.4, -0.2) is 38.4 Å². The lowest BCUT2D eigenvalue weighted by Crippen LogP contribution is -2.33. The van der Waals surface area contributed by atoms with E-state index in [-0.39, 0.29) is 29.4 Å². The van der Waals surface area contributed by atoms with E-state index in [0.29, 0.717) is 42.2 Å². The summed E-state index contributed by atoms with van der Waals surface area (Å²) >= 11 is 0. The van der Waals surface area contributed by atoms with Crippen molar-refractivity contribution in [3.05, 3.63) is 69.5 Å². The molecule has 0 atom stereocenters. The SMILES string of the molecule is CC(=O)N1CC=C(c2cc3c(NCc4cccc(C(F)(F)F)c4F)ncnc3n(C)c2=O)CC1. The number of pyridine rings is 1. The van der Waals surface area contributed by atoms with E-state index < -0.39 is 17.6 Å². The smallest absolute Gasteiger partial charge is 0.365 e. The fraction of sp³-hybridized carbons (Fsp3) is 0.304. The highest BCUT2D eigenvalue weighted by molar-refractivity contribution is 5.89. The van der Waals surface area contributed by atoms with Crippen LogP contribution in [0.15, 0.2) is 41.5 Å². The number of hydrogen-bond acceptors (Lipinski definition) is 5. The van der Waals surface area contributed by atoms with Gasteiger partial charge >= 0.3 is 6.18 Å². The molecular formula is C23H21F4N5O2. The minimum Gasteiger partial charge on any atom is -0.365 e. The van der Waals surface area contributed by atoms with Crippen molar-refractivity contribution >= 4 is 28.3 Å². The van der Waals surface area contributed by atoms with E-state index in [1.165, 1.54) is 23.9 Å². The maximum Gasteiger partial charge on any atom is 0.419 e. The number of nitrogens with zero attached hydrogens (tertiary/aromatic N) is 4. The molecule has 0 fully saturated rings. The Kier molecular flexibility index (Phi) is 6.11. The van der Waals surface area contributed by atoms with Gasteiger partial charge in [0, 0.05) is 44.7 Å². The Morgan fingerprint density at radius 2 is 2.00 bits per heavy atom. The molecule has 11 heteroatoms. The standard InChI is InChI=1S/C23H21F4N5O2/c1-13(33)32-8-6-14(7-9-32)16-10-17-20(29-12-30-21(17)31(2)22(16)34)28-11-15-4-3-5-18(19(15)24)23(25,26)27/h3-6,10,12H,7-9,11H2,1-2H3,(H,28,29,30). The van der Waals surface area contributed by atoms with Crippen molar-refractivity contribution in [1.29, 1.82) is 0 Å². The summed E-state index contributed by atoms with van der Waals surface area (Å²) in [6, 6.07) is 4.71. The number of fused-ring (bicyclic) bond motifs is 1. The lowest BCUT2D eigenvalue weighted by molar-refractivity contribution is -0.140. The summed E-state index contributed by atoms with van der Waals surface area (Å²) < 4.78 is 54.9. The number of aromatic nitrogens is 3. The third-order valence-electron chi connectivity index (χ3n) is 5.84. The second-order valence-electron chi connectivity index (χ2n) is 7.96. The number of carbonyl (C=O) groups excluding carboxylic acids is 1. The number of nitrogens with one attached hydrogen (secondary N) is 1. The second-order valence-corrected chi connectivity index (χ2v) is 7.96. The number of halogens is 4. The van der Waals surface area contributed by atoms with Crippen LogP contribution in [0.3, 0.4) is 0 Å². The zero-order valence-electron chi connectivity index (χ0n) is 18.4. The van der Waals surface area contributed by atoms with E-state index >= 15 is 0 Å². The van der Waals surface area contributed by atoms with Crippen molar-refractivity contribution in [3.8, 4) is 0 Å². The van der Waals surface area contributed by atoms with Crippen LogP contribution in [0.5, 0.6) is 0 Å². The minimum atomic E-state index is -4.80. The van der Waals surface area contributed by atoms with E-state index in [2.05, 4.69) is 15.3 Å². The van der Waals surface area contributed by atoms with Gasteiger partial charge in [0.15, 0.2) is 0 Å². The summed E-state index contributed by atoms with van der Waals surface area (Å²) in [5.74, 6) is -1.15. The molecule has 1 aliphatic heterocycles. The van der Waals surface area contributed by atoms with Crippen molar-refractivity contribution in [2.75, 3.05) is 18.4 Å². The first-order chi connectivity index (χ1) is 16.1. The normalized spacial score (nSPS) is 14.3. The Labute approximate surface area is 191 Å². The Bertz CT molecular complexity index is 1360. The molecule has 1 aromatic carbocycles. The summed E-state index contributed by atoms with van der Waals surface area (Å²) in [4.78, 5) is 34.5. The van der Waals surface area contributed by atoms with Crippen molar-refractivity contribution in [2.24, 2.45) is 7.05 Å². The van der Waals surface area contributed by atoms with Gasteiger partial charge in [-0.3, -0.25) is 14.2 Å². The molecule has 0 unspecified atom stereocenters. The Hall–Kier alpha value is -3.76. The average molecular weight is 475 g/mol. The second kappa shape index (κ2) is 8.88. The third kappa shape index (κ3) is 4.37. The molecule has 4 rings (SSSR count). The molecule has 0 saturated carbocycles. The molecule has 3 heterocycles.